The normalized spacial score (nSPS) is 22.1. The average molecular weight is 323 g/mol. The number of carbonyl (C=O) groups is 1. The van der Waals surface area contributed by atoms with Crippen LogP contribution in [0.1, 0.15) is 16.9 Å². The molecule has 5 nitrogen and oxygen atoms in total. The molecular weight excluding hydrogens is 306 g/mol. The standard InChI is InChI=1S/C14H17N3O2S2/c18-11-7-15-4-3-9(11)6-16-13(19)10-8-21-14(17-10)12-2-1-5-20-12/h1-2,5,8-9,11,15,18H,3-4,6-7H2,(H,16,19)/t9-,11+/m0/s1. The lowest BCUT2D eigenvalue weighted by Gasteiger charge is -2.28. The van der Waals surface area contributed by atoms with Gasteiger partial charge in [0, 0.05) is 24.4 Å². The van der Waals surface area contributed by atoms with Crippen molar-refractivity contribution >= 4 is 28.6 Å². The minimum Gasteiger partial charge on any atom is -0.391 e. The van der Waals surface area contributed by atoms with Crippen LogP contribution >= 0.6 is 22.7 Å². The fourth-order valence-electron chi connectivity index (χ4n) is 2.34. The van der Waals surface area contributed by atoms with Crippen molar-refractivity contribution in [3.8, 4) is 9.88 Å². The second-order valence-corrected chi connectivity index (χ2v) is 6.85. The Morgan fingerprint density at radius 1 is 1.52 bits per heavy atom. The van der Waals surface area contributed by atoms with E-state index in [0.29, 0.717) is 18.8 Å². The van der Waals surface area contributed by atoms with Crippen LogP contribution in [0.15, 0.2) is 22.9 Å². The lowest BCUT2D eigenvalue weighted by atomic mass is 9.95. The maximum absolute atomic E-state index is 12.1. The fraction of sp³-hybridized carbons (Fsp3) is 0.429. The minimum atomic E-state index is -0.392. The number of thiophene rings is 1. The number of rotatable bonds is 4. The molecule has 3 heterocycles. The molecule has 1 amide bonds. The van der Waals surface area contributed by atoms with Gasteiger partial charge in [0.15, 0.2) is 0 Å². The number of β-amino-alcohol motifs (C(OH)–C–C–N with tert-alkyl or cyclic N) is 1. The van der Waals surface area contributed by atoms with Crippen molar-refractivity contribution in [2.75, 3.05) is 19.6 Å². The molecule has 2 aromatic rings. The summed E-state index contributed by atoms with van der Waals surface area (Å²) in [6, 6.07) is 3.97. The minimum absolute atomic E-state index is 0.116. The monoisotopic (exact) mass is 323 g/mol. The van der Waals surface area contributed by atoms with Crippen molar-refractivity contribution in [2.24, 2.45) is 5.92 Å². The van der Waals surface area contributed by atoms with E-state index in [1.165, 1.54) is 11.3 Å². The predicted octanol–water partition coefficient (Wildman–Crippen LogP) is 1.57. The SMILES string of the molecule is O=C(NC[C@@H]1CCNC[C@H]1O)c1csc(-c2cccs2)n1. The highest BCUT2D eigenvalue weighted by atomic mass is 32.1. The maximum Gasteiger partial charge on any atom is 0.270 e. The maximum atomic E-state index is 12.1. The van der Waals surface area contributed by atoms with Gasteiger partial charge < -0.3 is 15.7 Å². The molecule has 3 N–H and O–H groups in total. The number of aromatic nitrogens is 1. The second kappa shape index (κ2) is 6.65. The van der Waals surface area contributed by atoms with Crippen LogP contribution in [0, 0.1) is 5.92 Å². The molecule has 1 aliphatic rings. The zero-order chi connectivity index (χ0) is 14.7. The van der Waals surface area contributed by atoms with Crippen LogP contribution < -0.4 is 10.6 Å². The topological polar surface area (TPSA) is 74.2 Å². The van der Waals surface area contributed by atoms with Crippen LogP contribution in [0.4, 0.5) is 0 Å². The fourth-order valence-corrected chi connectivity index (χ4v) is 3.95. The van der Waals surface area contributed by atoms with E-state index >= 15 is 0 Å². The lowest BCUT2D eigenvalue weighted by molar-refractivity contribution is 0.0751. The van der Waals surface area contributed by atoms with E-state index in [4.69, 9.17) is 0 Å². The van der Waals surface area contributed by atoms with Gasteiger partial charge in [-0.3, -0.25) is 4.79 Å². The quantitative estimate of drug-likeness (QED) is 0.798. The molecule has 0 aliphatic carbocycles. The summed E-state index contributed by atoms with van der Waals surface area (Å²) in [5.41, 5.74) is 0.451. The number of nitrogens with one attached hydrogen (secondary N) is 2. The Morgan fingerprint density at radius 2 is 2.43 bits per heavy atom. The van der Waals surface area contributed by atoms with E-state index in [1.54, 1.807) is 16.7 Å². The summed E-state index contributed by atoms with van der Waals surface area (Å²) in [6.07, 6.45) is 0.482. The molecule has 0 bridgehead atoms. The Kier molecular flexibility index (Phi) is 4.64. The van der Waals surface area contributed by atoms with Crippen LogP contribution in [-0.2, 0) is 0 Å². The summed E-state index contributed by atoms with van der Waals surface area (Å²) in [4.78, 5) is 17.6. The number of aliphatic hydroxyl groups excluding tert-OH is 1. The Hall–Kier alpha value is -1.28. The summed E-state index contributed by atoms with van der Waals surface area (Å²) in [6.45, 7) is 1.98. The molecule has 0 radical (unpaired) electrons. The first-order chi connectivity index (χ1) is 10.2. The number of thiazole rings is 1. The number of aliphatic hydroxyl groups is 1. The van der Waals surface area contributed by atoms with Crippen molar-refractivity contribution in [2.45, 2.75) is 12.5 Å². The Balaban J connectivity index is 1.58. The molecule has 3 rings (SSSR count). The summed E-state index contributed by atoms with van der Waals surface area (Å²) >= 11 is 3.09. The van der Waals surface area contributed by atoms with E-state index in [1.807, 2.05) is 17.5 Å². The highest BCUT2D eigenvalue weighted by Crippen LogP contribution is 2.27. The van der Waals surface area contributed by atoms with Gasteiger partial charge in [-0.25, -0.2) is 4.98 Å². The molecule has 2 atom stereocenters. The second-order valence-electron chi connectivity index (χ2n) is 5.05. The number of amides is 1. The van der Waals surface area contributed by atoms with Gasteiger partial charge in [0.25, 0.3) is 5.91 Å². The lowest BCUT2D eigenvalue weighted by Crippen LogP contribution is -2.45. The summed E-state index contributed by atoms with van der Waals surface area (Å²) < 4.78 is 0. The van der Waals surface area contributed by atoms with Crippen molar-refractivity contribution in [3.63, 3.8) is 0 Å². The Bertz CT molecular complexity index is 597. The Labute approximate surface area is 131 Å². The van der Waals surface area contributed by atoms with E-state index in [0.717, 1.165) is 22.9 Å². The zero-order valence-electron chi connectivity index (χ0n) is 11.4. The third kappa shape index (κ3) is 3.49. The number of hydrogen-bond donors (Lipinski definition) is 3. The van der Waals surface area contributed by atoms with Gasteiger partial charge in [-0.15, -0.1) is 22.7 Å². The molecule has 112 valence electrons. The molecule has 7 heteroatoms. The molecule has 0 spiro atoms. The van der Waals surface area contributed by atoms with E-state index in [2.05, 4.69) is 15.6 Å². The van der Waals surface area contributed by atoms with Crippen molar-refractivity contribution in [3.05, 3.63) is 28.6 Å². The molecule has 21 heavy (non-hydrogen) atoms. The third-order valence-electron chi connectivity index (χ3n) is 3.58. The van der Waals surface area contributed by atoms with Gasteiger partial charge in [0.05, 0.1) is 11.0 Å². The first kappa shape index (κ1) is 14.6. The van der Waals surface area contributed by atoms with E-state index in [9.17, 15) is 9.90 Å². The van der Waals surface area contributed by atoms with Crippen LogP contribution in [0.25, 0.3) is 9.88 Å². The van der Waals surface area contributed by atoms with Crippen LogP contribution in [0.2, 0.25) is 0 Å². The molecule has 1 aliphatic heterocycles. The zero-order valence-corrected chi connectivity index (χ0v) is 13.0. The van der Waals surface area contributed by atoms with Gasteiger partial charge in [0.1, 0.15) is 10.7 Å². The number of piperidine rings is 1. The molecule has 1 saturated heterocycles. The molecule has 0 aromatic carbocycles. The number of hydrogen-bond acceptors (Lipinski definition) is 6. The van der Waals surface area contributed by atoms with Gasteiger partial charge in [0.2, 0.25) is 0 Å². The molecule has 1 fully saturated rings. The van der Waals surface area contributed by atoms with Gasteiger partial charge in [-0.05, 0) is 24.4 Å². The molecule has 0 saturated carbocycles. The van der Waals surface area contributed by atoms with Crippen LogP contribution in [0.3, 0.4) is 0 Å². The molecule has 0 unspecified atom stereocenters. The summed E-state index contributed by atoms with van der Waals surface area (Å²) in [5.74, 6) is -0.0506. The molecule has 2 aromatic heterocycles. The predicted molar refractivity (Wildman–Crippen MR) is 84.7 cm³/mol. The van der Waals surface area contributed by atoms with Crippen LogP contribution in [0.5, 0.6) is 0 Å². The first-order valence-corrected chi connectivity index (χ1v) is 8.66. The number of carbonyl (C=O) groups excluding carboxylic acids is 1. The number of nitrogens with zero attached hydrogens (tertiary/aromatic N) is 1. The average Bonchev–Trinajstić information content (AvgIpc) is 3.16. The van der Waals surface area contributed by atoms with Crippen molar-refractivity contribution in [1.82, 2.24) is 15.6 Å². The van der Waals surface area contributed by atoms with Gasteiger partial charge in [-0.2, -0.15) is 0 Å². The largest absolute Gasteiger partial charge is 0.391 e. The molecular formula is C14H17N3O2S2. The van der Waals surface area contributed by atoms with Gasteiger partial charge >= 0.3 is 0 Å². The Morgan fingerprint density at radius 3 is 3.19 bits per heavy atom. The first-order valence-electron chi connectivity index (χ1n) is 6.90. The van der Waals surface area contributed by atoms with E-state index < -0.39 is 6.10 Å². The highest BCUT2D eigenvalue weighted by molar-refractivity contribution is 7.20. The van der Waals surface area contributed by atoms with Crippen molar-refractivity contribution in [1.29, 1.82) is 0 Å². The van der Waals surface area contributed by atoms with Crippen LogP contribution in [-0.4, -0.2) is 41.7 Å². The summed E-state index contributed by atoms with van der Waals surface area (Å²) in [5, 5.41) is 20.5. The summed E-state index contributed by atoms with van der Waals surface area (Å²) in [7, 11) is 0. The van der Waals surface area contributed by atoms with E-state index in [-0.39, 0.29) is 11.8 Å². The third-order valence-corrected chi connectivity index (χ3v) is 5.46. The highest BCUT2D eigenvalue weighted by Gasteiger charge is 2.23. The smallest absolute Gasteiger partial charge is 0.270 e. The van der Waals surface area contributed by atoms with Gasteiger partial charge in [-0.1, -0.05) is 6.07 Å². The van der Waals surface area contributed by atoms with Crippen molar-refractivity contribution < 1.29 is 9.90 Å².